The van der Waals surface area contributed by atoms with E-state index in [1.54, 1.807) is 12.1 Å². The molecule has 0 unspecified atom stereocenters. The molecule has 7 heteroatoms. The topological polar surface area (TPSA) is 89.2 Å². The van der Waals surface area contributed by atoms with E-state index < -0.39 is 5.97 Å². The van der Waals surface area contributed by atoms with Crippen molar-refractivity contribution in [3.05, 3.63) is 131 Å². The van der Waals surface area contributed by atoms with Gasteiger partial charge in [0, 0.05) is 36.7 Å². The minimum atomic E-state index is -0.955. The molecule has 7 nitrogen and oxygen atoms in total. The largest absolute Gasteiger partial charge is 0.478 e. The number of rotatable bonds is 10. The molecule has 0 spiro atoms. The highest BCUT2D eigenvalue weighted by Gasteiger charge is 2.18. The molecule has 0 aliphatic heterocycles. The summed E-state index contributed by atoms with van der Waals surface area (Å²) in [6.07, 6.45) is 4.86. The molecule has 0 atom stereocenters. The van der Waals surface area contributed by atoms with Crippen molar-refractivity contribution < 1.29 is 14.7 Å². The highest BCUT2D eigenvalue weighted by atomic mass is 16.4. The monoisotopic (exact) mass is 570 g/mol. The van der Waals surface area contributed by atoms with Crippen LogP contribution in [-0.2, 0) is 19.5 Å². The number of unbranched alkanes of at least 4 members (excludes halogenated alkanes) is 1. The van der Waals surface area contributed by atoms with Gasteiger partial charge in [-0.15, -0.1) is 0 Å². The second-order valence-corrected chi connectivity index (χ2v) is 10.9. The molecule has 6 rings (SSSR count). The molecule has 0 saturated carbocycles. The van der Waals surface area contributed by atoms with Gasteiger partial charge in [-0.2, -0.15) is 0 Å². The molecule has 0 fully saturated rings. The van der Waals surface area contributed by atoms with Crippen molar-refractivity contribution in [2.24, 2.45) is 0 Å². The van der Waals surface area contributed by atoms with Crippen LogP contribution in [0.1, 0.15) is 63.0 Å². The van der Waals surface area contributed by atoms with Gasteiger partial charge in [0.05, 0.1) is 27.8 Å². The molecule has 2 N–H and O–H groups in total. The van der Waals surface area contributed by atoms with Crippen molar-refractivity contribution in [3.8, 4) is 5.69 Å². The Kier molecular flexibility index (Phi) is 7.79. The summed E-state index contributed by atoms with van der Waals surface area (Å²) >= 11 is 0. The van der Waals surface area contributed by atoms with Crippen molar-refractivity contribution >= 4 is 33.8 Å². The molecule has 2 aromatic heterocycles. The van der Waals surface area contributed by atoms with Crippen molar-refractivity contribution in [2.45, 2.75) is 46.2 Å². The Morgan fingerprint density at radius 2 is 1.67 bits per heavy atom. The maximum atomic E-state index is 13.2. The average molecular weight is 571 g/mol. The van der Waals surface area contributed by atoms with Crippen LogP contribution < -0.4 is 5.32 Å². The number of aromatic carboxylic acids is 1. The Morgan fingerprint density at radius 3 is 2.47 bits per heavy atom. The van der Waals surface area contributed by atoms with E-state index in [2.05, 4.69) is 28.9 Å². The average Bonchev–Trinajstić information content (AvgIpc) is 3.60. The van der Waals surface area contributed by atoms with Crippen LogP contribution in [-0.4, -0.2) is 31.1 Å². The van der Waals surface area contributed by atoms with Gasteiger partial charge in [-0.05, 0) is 72.5 Å². The van der Waals surface area contributed by atoms with Crippen LogP contribution in [0.5, 0.6) is 0 Å². The number of hydrogen-bond donors (Lipinski definition) is 2. The zero-order valence-electron chi connectivity index (χ0n) is 24.4. The molecular formula is C36H34N4O3. The second kappa shape index (κ2) is 12.0. The minimum Gasteiger partial charge on any atom is -0.478 e. The predicted octanol–water partition coefficient (Wildman–Crippen LogP) is 7.31. The fraction of sp³-hybridized carbons (Fsp3) is 0.194. The summed E-state index contributed by atoms with van der Waals surface area (Å²) in [5, 5.41) is 13.8. The van der Waals surface area contributed by atoms with Crippen molar-refractivity contribution in [2.75, 3.05) is 0 Å². The van der Waals surface area contributed by atoms with Gasteiger partial charge in [0.15, 0.2) is 0 Å². The standard InChI is InChI=1S/C36H34N4O3/c1-3-4-14-33-38-34-24(2)19-28(35(41)37-22-25-10-6-5-7-11-25)21-32(34)40(33)23-26-15-16-30-27(20-26)17-18-39(30)31-13-9-8-12-29(31)36(42)43/h5-13,15-21H,3-4,14,22-23H2,1-2H3,(H,37,41)(H,42,43). The SMILES string of the molecule is CCCCc1nc2c(C)cc(C(=O)NCc3ccccc3)cc2n1Cc1ccc2c(ccn2-c2ccccc2C(=O)O)c1. The number of nitrogens with zero attached hydrogens (tertiary/aromatic N) is 3. The predicted molar refractivity (Wildman–Crippen MR) is 170 cm³/mol. The van der Waals surface area contributed by atoms with Gasteiger partial charge < -0.3 is 19.6 Å². The number of imidazole rings is 1. The molecule has 0 bridgehead atoms. The van der Waals surface area contributed by atoms with E-state index in [-0.39, 0.29) is 11.5 Å². The van der Waals surface area contributed by atoms with Gasteiger partial charge in [-0.1, -0.05) is 61.9 Å². The number of fused-ring (bicyclic) bond motifs is 2. The molecule has 1 amide bonds. The minimum absolute atomic E-state index is 0.110. The smallest absolute Gasteiger partial charge is 0.337 e. The van der Waals surface area contributed by atoms with Gasteiger partial charge >= 0.3 is 5.97 Å². The van der Waals surface area contributed by atoms with E-state index in [0.29, 0.717) is 24.3 Å². The van der Waals surface area contributed by atoms with E-state index in [4.69, 9.17) is 4.98 Å². The third-order valence-electron chi connectivity index (χ3n) is 7.92. The summed E-state index contributed by atoms with van der Waals surface area (Å²) in [4.78, 5) is 30.1. The number of amides is 1. The first-order valence-corrected chi connectivity index (χ1v) is 14.7. The highest BCUT2D eigenvalue weighted by molar-refractivity contribution is 5.98. The summed E-state index contributed by atoms with van der Waals surface area (Å²) < 4.78 is 4.16. The third-order valence-corrected chi connectivity index (χ3v) is 7.92. The first-order chi connectivity index (χ1) is 20.9. The molecule has 6 aromatic rings. The Bertz CT molecular complexity index is 1950. The van der Waals surface area contributed by atoms with Crippen LogP contribution in [0.25, 0.3) is 27.6 Å². The number of carbonyl (C=O) groups excluding carboxylic acids is 1. The van der Waals surface area contributed by atoms with Gasteiger partial charge in [0.25, 0.3) is 5.91 Å². The normalized spacial score (nSPS) is 11.3. The van der Waals surface area contributed by atoms with Gasteiger partial charge in [-0.3, -0.25) is 4.79 Å². The maximum absolute atomic E-state index is 13.2. The lowest BCUT2D eigenvalue weighted by molar-refractivity contribution is 0.0696. The molecular weight excluding hydrogens is 536 g/mol. The van der Waals surface area contributed by atoms with Crippen LogP contribution in [0.15, 0.2) is 97.2 Å². The number of carboxylic acids is 1. The molecule has 43 heavy (non-hydrogen) atoms. The van der Waals surface area contributed by atoms with Crippen LogP contribution in [0.4, 0.5) is 0 Å². The highest BCUT2D eigenvalue weighted by Crippen LogP contribution is 2.27. The zero-order valence-corrected chi connectivity index (χ0v) is 24.4. The number of benzene rings is 4. The summed E-state index contributed by atoms with van der Waals surface area (Å²) in [7, 11) is 0. The quantitative estimate of drug-likeness (QED) is 0.181. The maximum Gasteiger partial charge on any atom is 0.337 e. The van der Waals surface area contributed by atoms with Crippen LogP contribution in [0.3, 0.4) is 0 Å². The van der Waals surface area contributed by atoms with Gasteiger partial charge in [-0.25, -0.2) is 9.78 Å². The summed E-state index contributed by atoms with van der Waals surface area (Å²) in [5.74, 6) is -0.0555. The molecule has 4 aromatic carbocycles. The fourth-order valence-electron chi connectivity index (χ4n) is 5.70. The first-order valence-electron chi connectivity index (χ1n) is 14.7. The number of hydrogen-bond acceptors (Lipinski definition) is 3. The fourth-order valence-corrected chi connectivity index (χ4v) is 5.70. The Morgan fingerprint density at radius 1 is 0.884 bits per heavy atom. The number of carbonyl (C=O) groups is 2. The number of carboxylic acid groups (broad SMARTS) is 1. The van der Waals surface area contributed by atoms with Gasteiger partial charge in [0.2, 0.25) is 0 Å². The summed E-state index contributed by atoms with van der Waals surface area (Å²) in [6, 6.07) is 29.1. The van der Waals surface area contributed by atoms with Gasteiger partial charge in [0.1, 0.15) is 5.82 Å². The summed E-state index contributed by atoms with van der Waals surface area (Å²) in [6.45, 7) is 5.26. The van der Waals surface area contributed by atoms with Crippen LogP contribution in [0.2, 0.25) is 0 Å². The van der Waals surface area contributed by atoms with Crippen molar-refractivity contribution in [1.82, 2.24) is 19.4 Å². The van der Waals surface area contributed by atoms with Crippen molar-refractivity contribution in [1.29, 1.82) is 0 Å². The molecule has 0 aliphatic rings. The Hall–Kier alpha value is -5.17. The summed E-state index contributed by atoms with van der Waals surface area (Å²) in [5.41, 5.74) is 7.45. The second-order valence-electron chi connectivity index (χ2n) is 10.9. The number of aryl methyl sites for hydroxylation is 2. The zero-order chi connectivity index (χ0) is 29.9. The number of para-hydroxylation sites is 1. The lowest BCUT2D eigenvalue weighted by Gasteiger charge is -2.12. The molecule has 2 heterocycles. The van der Waals surface area contributed by atoms with E-state index in [0.717, 1.165) is 63.7 Å². The van der Waals surface area contributed by atoms with Crippen LogP contribution in [0, 0.1) is 6.92 Å². The number of aromatic nitrogens is 3. The molecule has 0 radical (unpaired) electrons. The number of nitrogens with one attached hydrogen (secondary N) is 1. The van der Waals surface area contributed by atoms with E-state index in [1.165, 1.54) is 0 Å². The van der Waals surface area contributed by atoms with E-state index in [9.17, 15) is 14.7 Å². The Labute approximate surface area is 250 Å². The van der Waals surface area contributed by atoms with E-state index in [1.807, 2.05) is 84.4 Å². The van der Waals surface area contributed by atoms with Crippen molar-refractivity contribution in [3.63, 3.8) is 0 Å². The molecule has 0 aliphatic carbocycles. The molecule has 0 saturated heterocycles. The molecule has 216 valence electrons. The lowest BCUT2D eigenvalue weighted by atomic mass is 10.1. The third kappa shape index (κ3) is 5.66. The first kappa shape index (κ1) is 28.0. The van der Waals surface area contributed by atoms with Crippen LogP contribution >= 0.6 is 0 Å². The lowest BCUT2D eigenvalue weighted by Crippen LogP contribution is -2.23. The Balaban J connectivity index is 1.35. The van der Waals surface area contributed by atoms with E-state index >= 15 is 0 Å².